The van der Waals surface area contributed by atoms with Gasteiger partial charge in [-0.15, -0.1) is 0 Å². The van der Waals surface area contributed by atoms with Gasteiger partial charge >= 0.3 is 0 Å². The van der Waals surface area contributed by atoms with Gasteiger partial charge in [0.15, 0.2) is 0 Å². The molecule has 0 radical (unpaired) electrons. The number of para-hydroxylation sites is 1. The molecule has 3 heteroatoms. The third-order valence-corrected chi connectivity index (χ3v) is 8.89. The van der Waals surface area contributed by atoms with E-state index in [2.05, 4.69) is 71.8 Å². The lowest BCUT2D eigenvalue weighted by Crippen LogP contribution is -2.62. The van der Waals surface area contributed by atoms with Crippen LogP contribution in [0.4, 0.5) is 5.69 Å². The van der Waals surface area contributed by atoms with E-state index < -0.39 is 0 Å². The summed E-state index contributed by atoms with van der Waals surface area (Å²) in [5, 5.41) is 0. The van der Waals surface area contributed by atoms with Crippen molar-refractivity contribution >= 4 is 11.3 Å². The van der Waals surface area contributed by atoms with Crippen molar-refractivity contribution in [1.82, 2.24) is 9.38 Å². The summed E-state index contributed by atoms with van der Waals surface area (Å²) in [4.78, 5) is 8.21. The van der Waals surface area contributed by atoms with Gasteiger partial charge in [0.25, 0.3) is 0 Å². The van der Waals surface area contributed by atoms with Gasteiger partial charge in [0.05, 0.1) is 23.0 Å². The Kier molecular flexibility index (Phi) is 3.10. The minimum atomic E-state index is 0.0836. The first kappa shape index (κ1) is 16.5. The van der Waals surface area contributed by atoms with Crippen LogP contribution in [0.25, 0.3) is 5.65 Å². The molecule has 0 amide bonds. The standard InChI is InChI=1S/C26H29N3/c1-16-7-3-4-8-22(16)29-17(2)24-25(27-23-9-5-6-10-28(23)24)26(29)20-12-18-11-19(14-20)15-21(26)13-18/h3-10,17-21H,11-15H2,1-2H3. The third-order valence-electron chi connectivity index (χ3n) is 8.89. The van der Waals surface area contributed by atoms with Gasteiger partial charge < -0.3 is 9.30 Å². The molecular weight excluding hydrogens is 354 g/mol. The first-order valence-corrected chi connectivity index (χ1v) is 11.5. The smallest absolute Gasteiger partial charge is 0.137 e. The Balaban J connectivity index is 1.54. The Labute approximate surface area is 172 Å². The molecule has 1 unspecified atom stereocenters. The van der Waals surface area contributed by atoms with Crippen molar-refractivity contribution in [3.63, 3.8) is 0 Å². The van der Waals surface area contributed by atoms with Gasteiger partial charge in [-0.3, -0.25) is 0 Å². The van der Waals surface area contributed by atoms with E-state index in [1.807, 2.05) is 0 Å². The second-order valence-electron chi connectivity index (χ2n) is 10.2. The molecule has 2 aromatic heterocycles. The van der Waals surface area contributed by atoms with E-state index in [9.17, 15) is 0 Å². The largest absolute Gasteiger partial charge is 0.351 e. The molecule has 4 bridgehead atoms. The zero-order chi connectivity index (χ0) is 19.3. The predicted molar refractivity (Wildman–Crippen MR) is 116 cm³/mol. The van der Waals surface area contributed by atoms with Crippen molar-refractivity contribution < 1.29 is 0 Å². The van der Waals surface area contributed by atoms with Crippen LogP contribution in [0.3, 0.4) is 0 Å². The fraction of sp³-hybridized carbons (Fsp3) is 0.500. The molecule has 0 N–H and O–H groups in total. The van der Waals surface area contributed by atoms with E-state index in [0.29, 0.717) is 6.04 Å². The van der Waals surface area contributed by atoms with E-state index in [0.717, 1.165) is 29.3 Å². The number of aromatic nitrogens is 2. The lowest BCUT2D eigenvalue weighted by atomic mass is 9.47. The number of rotatable bonds is 1. The predicted octanol–water partition coefficient (Wildman–Crippen LogP) is 5.88. The molecule has 0 saturated heterocycles. The number of hydrogen-bond acceptors (Lipinski definition) is 2. The maximum atomic E-state index is 5.37. The lowest BCUT2D eigenvalue weighted by molar-refractivity contribution is -0.0617. The van der Waals surface area contributed by atoms with Crippen LogP contribution in [0.15, 0.2) is 48.7 Å². The fourth-order valence-electron chi connectivity index (χ4n) is 8.19. The highest BCUT2D eigenvalue weighted by Gasteiger charge is 2.66. The van der Waals surface area contributed by atoms with Crippen LogP contribution in [-0.2, 0) is 5.54 Å². The van der Waals surface area contributed by atoms with E-state index in [4.69, 9.17) is 4.98 Å². The molecule has 3 aromatic rings. The number of nitrogens with zero attached hydrogens (tertiary/aromatic N) is 3. The molecule has 1 spiro atoms. The number of anilines is 1. The number of fused-ring (bicyclic) bond motifs is 3. The van der Waals surface area contributed by atoms with Gasteiger partial charge in [-0.25, -0.2) is 4.98 Å². The molecule has 4 aliphatic carbocycles. The lowest BCUT2D eigenvalue weighted by Gasteiger charge is -2.63. The molecule has 3 heterocycles. The van der Waals surface area contributed by atoms with Crippen LogP contribution in [-0.4, -0.2) is 9.38 Å². The second-order valence-corrected chi connectivity index (χ2v) is 10.2. The van der Waals surface area contributed by atoms with Crippen LogP contribution < -0.4 is 4.90 Å². The van der Waals surface area contributed by atoms with Crippen molar-refractivity contribution in [3.8, 4) is 0 Å². The van der Waals surface area contributed by atoms with Crippen LogP contribution in [0.1, 0.15) is 62.0 Å². The number of hydrogen-bond donors (Lipinski definition) is 0. The Morgan fingerprint density at radius 3 is 2.31 bits per heavy atom. The Morgan fingerprint density at radius 1 is 0.897 bits per heavy atom. The highest BCUT2D eigenvalue weighted by atomic mass is 15.3. The number of aryl methyl sites for hydroxylation is 1. The zero-order valence-corrected chi connectivity index (χ0v) is 17.4. The molecule has 5 aliphatic rings. The highest BCUT2D eigenvalue weighted by molar-refractivity contribution is 5.65. The molecule has 29 heavy (non-hydrogen) atoms. The summed E-state index contributed by atoms with van der Waals surface area (Å²) < 4.78 is 2.38. The SMILES string of the molecule is Cc1ccccc1N1C(C)c2c(nc3ccccn23)C12C1CC3CC(C1)CC2C3. The van der Waals surface area contributed by atoms with Crippen LogP contribution >= 0.6 is 0 Å². The monoisotopic (exact) mass is 383 g/mol. The summed E-state index contributed by atoms with van der Waals surface area (Å²) in [6, 6.07) is 15.9. The van der Waals surface area contributed by atoms with Gasteiger partial charge in [-0.2, -0.15) is 0 Å². The average Bonchev–Trinajstić information content (AvgIpc) is 3.21. The molecule has 1 aromatic carbocycles. The summed E-state index contributed by atoms with van der Waals surface area (Å²) in [6.07, 6.45) is 9.31. The summed E-state index contributed by atoms with van der Waals surface area (Å²) in [5.74, 6) is 3.40. The van der Waals surface area contributed by atoms with Gasteiger partial charge in [0.1, 0.15) is 5.65 Å². The summed E-state index contributed by atoms with van der Waals surface area (Å²) in [7, 11) is 0. The number of imidazole rings is 1. The Hall–Kier alpha value is -2.29. The fourth-order valence-corrected chi connectivity index (χ4v) is 8.19. The molecule has 4 saturated carbocycles. The molecular formula is C26H29N3. The normalized spacial score (nSPS) is 37.0. The quantitative estimate of drug-likeness (QED) is 0.523. The van der Waals surface area contributed by atoms with Crippen molar-refractivity contribution in [1.29, 1.82) is 0 Å². The molecule has 4 fully saturated rings. The third kappa shape index (κ3) is 1.88. The van der Waals surface area contributed by atoms with E-state index in [1.54, 1.807) is 0 Å². The van der Waals surface area contributed by atoms with E-state index in [-0.39, 0.29) is 5.54 Å². The van der Waals surface area contributed by atoms with Crippen molar-refractivity contribution in [3.05, 3.63) is 65.6 Å². The van der Waals surface area contributed by atoms with Crippen LogP contribution in [0, 0.1) is 30.6 Å². The van der Waals surface area contributed by atoms with Crippen molar-refractivity contribution in [2.75, 3.05) is 4.90 Å². The first-order valence-electron chi connectivity index (χ1n) is 11.5. The zero-order valence-electron chi connectivity index (χ0n) is 17.4. The van der Waals surface area contributed by atoms with Gasteiger partial charge in [-0.05, 0) is 93.4 Å². The maximum absolute atomic E-state index is 5.37. The highest BCUT2D eigenvalue weighted by Crippen LogP contribution is 2.68. The molecule has 1 atom stereocenters. The second kappa shape index (κ2) is 5.44. The van der Waals surface area contributed by atoms with Gasteiger partial charge in [0.2, 0.25) is 0 Å². The van der Waals surface area contributed by atoms with Crippen LogP contribution in [0.2, 0.25) is 0 Å². The maximum Gasteiger partial charge on any atom is 0.137 e. The number of pyridine rings is 1. The van der Waals surface area contributed by atoms with Crippen LogP contribution in [0.5, 0.6) is 0 Å². The van der Waals surface area contributed by atoms with Crippen molar-refractivity contribution in [2.24, 2.45) is 23.7 Å². The minimum absolute atomic E-state index is 0.0836. The Morgan fingerprint density at radius 2 is 1.59 bits per heavy atom. The summed E-state index contributed by atoms with van der Waals surface area (Å²) in [6.45, 7) is 4.71. The van der Waals surface area contributed by atoms with E-state index >= 15 is 0 Å². The number of benzene rings is 1. The first-order chi connectivity index (χ1) is 14.2. The Bertz CT molecular complexity index is 1100. The average molecular weight is 384 g/mol. The molecule has 3 nitrogen and oxygen atoms in total. The van der Waals surface area contributed by atoms with Gasteiger partial charge in [0, 0.05) is 11.9 Å². The topological polar surface area (TPSA) is 20.5 Å². The molecule has 1 aliphatic heterocycles. The van der Waals surface area contributed by atoms with E-state index in [1.165, 1.54) is 54.7 Å². The summed E-state index contributed by atoms with van der Waals surface area (Å²) >= 11 is 0. The molecule has 8 rings (SSSR count). The van der Waals surface area contributed by atoms with Crippen molar-refractivity contribution in [2.45, 2.75) is 57.5 Å². The minimum Gasteiger partial charge on any atom is -0.351 e. The molecule has 148 valence electrons. The van der Waals surface area contributed by atoms with Gasteiger partial charge in [-0.1, -0.05) is 24.3 Å². The summed E-state index contributed by atoms with van der Waals surface area (Å²) in [5.41, 5.74) is 6.88.